The predicted octanol–water partition coefficient (Wildman–Crippen LogP) is 2.48. The molecule has 0 fully saturated rings. The fraction of sp³-hybridized carbons (Fsp3) is 0.143. The van der Waals surface area contributed by atoms with Crippen LogP contribution in [-0.2, 0) is 0 Å². The number of hydrogen-bond acceptors (Lipinski definition) is 2. The van der Waals surface area contributed by atoms with E-state index >= 15 is 0 Å². The average Bonchev–Trinajstić information content (AvgIpc) is 2.36. The van der Waals surface area contributed by atoms with Crippen molar-refractivity contribution in [2.24, 2.45) is 0 Å². The Morgan fingerprint density at radius 1 is 1.17 bits per heavy atom. The molecule has 4 heteroatoms. The van der Waals surface area contributed by atoms with Crippen LogP contribution in [0.1, 0.15) is 5.56 Å². The third kappa shape index (κ3) is 2.46. The highest BCUT2D eigenvalue weighted by molar-refractivity contribution is 7.55. The van der Waals surface area contributed by atoms with Crippen molar-refractivity contribution in [3.05, 3.63) is 47.8 Å². The second kappa shape index (κ2) is 5.36. The lowest BCUT2D eigenvalue weighted by Gasteiger charge is -2.11. The van der Waals surface area contributed by atoms with Crippen molar-refractivity contribution in [3.63, 3.8) is 0 Å². The molecule has 0 aliphatic carbocycles. The number of halogens is 1. The summed E-state index contributed by atoms with van der Waals surface area (Å²) in [6, 6.07) is 10.2. The van der Waals surface area contributed by atoms with E-state index < -0.39 is 0 Å². The van der Waals surface area contributed by atoms with E-state index in [1.165, 1.54) is 13.2 Å². The van der Waals surface area contributed by atoms with Gasteiger partial charge >= 0.3 is 0 Å². The number of hydrogen-bond donors (Lipinski definition) is 1. The number of aryl methyl sites for hydroxylation is 1. The molecule has 94 valence electrons. The first-order chi connectivity index (χ1) is 8.63. The van der Waals surface area contributed by atoms with Crippen molar-refractivity contribution >= 4 is 19.2 Å². The SMILES string of the molecule is COc1cccc(Pc2c(C)cccc2F)c1O. The fourth-order valence-electron chi connectivity index (χ4n) is 1.71. The van der Waals surface area contributed by atoms with Crippen LogP contribution in [0.4, 0.5) is 4.39 Å². The zero-order chi connectivity index (χ0) is 13.1. The molecule has 0 aliphatic rings. The molecule has 0 aliphatic heterocycles. The van der Waals surface area contributed by atoms with Gasteiger partial charge in [-0.2, -0.15) is 0 Å². The third-order valence-electron chi connectivity index (χ3n) is 2.70. The van der Waals surface area contributed by atoms with E-state index in [1.807, 2.05) is 13.0 Å². The highest BCUT2D eigenvalue weighted by atomic mass is 31.1. The van der Waals surface area contributed by atoms with Crippen molar-refractivity contribution in [2.45, 2.75) is 6.92 Å². The number of phenolic OH excluding ortho intramolecular Hbond substituents is 1. The molecule has 1 N–H and O–H groups in total. The van der Waals surface area contributed by atoms with Crippen molar-refractivity contribution in [1.29, 1.82) is 0 Å². The third-order valence-corrected chi connectivity index (χ3v) is 4.26. The minimum absolute atomic E-state index is 0.0677. The van der Waals surface area contributed by atoms with E-state index in [4.69, 9.17) is 4.74 Å². The second-order valence-corrected chi connectivity index (χ2v) is 5.20. The molecule has 0 saturated heterocycles. The fourth-order valence-corrected chi connectivity index (χ4v) is 2.89. The predicted molar refractivity (Wildman–Crippen MR) is 73.4 cm³/mol. The van der Waals surface area contributed by atoms with Gasteiger partial charge in [-0.15, -0.1) is 0 Å². The van der Waals surface area contributed by atoms with Gasteiger partial charge in [-0.25, -0.2) is 4.39 Å². The quantitative estimate of drug-likeness (QED) is 0.863. The highest BCUT2D eigenvalue weighted by Crippen LogP contribution is 2.29. The minimum Gasteiger partial charge on any atom is -0.504 e. The monoisotopic (exact) mass is 264 g/mol. The molecule has 0 bridgehead atoms. The smallest absolute Gasteiger partial charge is 0.165 e. The summed E-state index contributed by atoms with van der Waals surface area (Å²) < 4.78 is 18.8. The van der Waals surface area contributed by atoms with Gasteiger partial charge in [0.1, 0.15) is 5.82 Å². The molecule has 2 nitrogen and oxygen atoms in total. The van der Waals surface area contributed by atoms with Crippen LogP contribution in [-0.4, -0.2) is 12.2 Å². The Labute approximate surface area is 107 Å². The number of methoxy groups -OCH3 is 1. The first-order valence-electron chi connectivity index (χ1n) is 5.51. The van der Waals surface area contributed by atoms with Crippen LogP contribution in [0.5, 0.6) is 11.5 Å². The molecule has 2 aromatic rings. The van der Waals surface area contributed by atoms with Gasteiger partial charge in [0.25, 0.3) is 0 Å². The van der Waals surface area contributed by atoms with Gasteiger partial charge in [-0.1, -0.05) is 32.8 Å². The largest absolute Gasteiger partial charge is 0.504 e. The Kier molecular flexibility index (Phi) is 3.83. The number of para-hydroxylation sites is 1. The number of rotatable bonds is 3. The molecule has 0 saturated carbocycles. The van der Waals surface area contributed by atoms with Crippen LogP contribution in [0, 0.1) is 12.7 Å². The van der Waals surface area contributed by atoms with Crippen molar-refractivity contribution in [2.75, 3.05) is 7.11 Å². The number of ether oxygens (including phenoxy) is 1. The Bertz CT molecular complexity index is 549. The molecule has 0 amide bonds. The van der Waals surface area contributed by atoms with Gasteiger partial charge in [-0.05, 0) is 24.6 Å². The normalized spacial score (nSPS) is 11.1. The summed E-state index contributed by atoms with van der Waals surface area (Å²) in [5.74, 6) is 0.255. The molecule has 0 radical (unpaired) electrons. The van der Waals surface area contributed by atoms with Crippen molar-refractivity contribution in [3.8, 4) is 11.5 Å². The van der Waals surface area contributed by atoms with E-state index in [2.05, 4.69) is 0 Å². The van der Waals surface area contributed by atoms with E-state index in [9.17, 15) is 9.50 Å². The van der Waals surface area contributed by atoms with Crippen LogP contribution in [0.25, 0.3) is 0 Å². The number of phenols is 1. The van der Waals surface area contributed by atoms with E-state index in [0.717, 1.165) is 5.56 Å². The molecule has 2 rings (SSSR count). The number of aromatic hydroxyl groups is 1. The Morgan fingerprint density at radius 3 is 2.56 bits per heavy atom. The van der Waals surface area contributed by atoms with Crippen molar-refractivity contribution in [1.82, 2.24) is 0 Å². The second-order valence-electron chi connectivity index (χ2n) is 3.91. The lowest BCUT2D eigenvalue weighted by atomic mass is 10.2. The first-order valence-corrected chi connectivity index (χ1v) is 6.51. The van der Waals surface area contributed by atoms with Gasteiger partial charge in [0.15, 0.2) is 11.5 Å². The summed E-state index contributed by atoms with van der Waals surface area (Å²) in [6.45, 7) is 1.86. The maximum atomic E-state index is 13.7. The summed E-state index contributed by atoms with van der Waals surface area (Å²) in [4.78, 5) is 0. The Hall–Kier alpha value is -1.60. The van der Waals surface area contributed by atoms with Crippen LogP contribution < -0.4 is 15.3 Å². The van der Waals surface area contributed by atoms with Crippen LogP contribution in [0.3, 0.4) is 0 Å². The summed E-state index contributed by atoms with van der Waals surface area (Å²) in [5.41, 5.74) is 0.885. The zero-order valence-corrected chi connectivity index (χ0v) is 11.2. The number of benzene rings is 2. The highest BCUT2D eigenvalue weighted by Gasteiger charge is 2.11. The topological polar surface area (TPSA) is 29.5 Å². The first kappa shape index (κ1) is 12.8. The van der Waals surface area contributed by atoms with Gasteiger partial charge in [0.2, 0.25) is 0 Å². The summed E-state index contributed by atoms with van der Waals surface area (Å²) in [7, 11) is 1.56. The maximum Gasteiger partial charge on any atom is 0.165 e. The molecule has 18 heavy (non-hydrogen) atoms. The standard InChI is InChI=1S/C14H14FO2P/c1-9-5-3-6-10(15)14(9)18-12-8-4-7-11(17-2)13(12)16/h3-8,16,18H,1-2H3. The molecule has 0 aromatic heterocycles. The minimum atomic E-state index is -0.240. The van der Waals surface area contributed by atoms with Crippen LogP contribution >= 0.6 is 8.58 Å². The van der Waals surface area contributed by atoms with Crippen molar-refractivity contribution < 1.29 is 14.2 Å². The van der Waals surface area contributed by atoms with E-state index in [-0.39, 0.29) is 20.1 Å². The van der Waals surface area contributed by atoms with Gasteiger partial charge in [0.05, 0.1) is 7.11 Å². The van der Waals surface area contributed by atoms with Gasteiger partial charge in [0, 0.05) is 10.6 Å². The van der Waals surface area contributed by atoms with E-state index in [0.29, 0.717) is 16.4 Å². The summed E-state index contributed by atoms with van der Waals surface area (Å²) in [6.07, 6.45) is 0. The molecule has 2 aromatic carbocycles. The molecular weight excluding hydrogens is 250 g/mol. The van der Waals surface area contributed by atoms with Gasteiger partial charge in [-0.3, -0.25) is 0 Å². The van der Waals surface area contributed by atoms with Gasteiger partial charge < -0.3 is 9.84 Å². The maximum absolute atomic E-state index is 13.7. The van der Waals surface area contributed by atoms with E-state index in [1.54, 1.807) is 24.3 Å². The molecule has 1 atom stereocenters. The lowest BCUT2D eigenvalue weighted by Crippen LogP contribution is -2.11. The summed E-state index contributed by atoms with van der Waals surface area (Å²) in [5, 5.41) is 11.3. The molecule has 0 spiro atoms. The lowest BCUT2D eigenvalue weighted by molar-refractivity contribution is 0.375. The Morgan fingerprint density at radius 2 is 1.89 bits per heavy atom. The zero-order valence-electron chi connectivity index (χ0n) is 10.2. The molecule has 0 heterocycles. The summed E-state index contributed by atoms with van der Waals surface area (Å²) >= 11 is 0. The average molecular weight is 264 g/mol. The molecule has 1 unspecified atom stereocenters. The Balaban J connectivity index is 2.40. The van der Waals surface area contributed by atoms with Crippen LogP contribution in [0.15, 0.2) is 36.4 Å². The molecular formula is C14H14FO2P. The van der Waals surface area contributed by atoms with Crippen LogP contribution in [0.2, 0.25) is 0 Å².